The number of carbonyl (C=O) groups is 2. The van der Waals surface area contributed by atoms with Crippen molar-refractivity contribution in [3.63, 3.8) is 0 Å². The van der Waals surface area contributed by atoms with Crippen LogP contribution in [0.3, 0.4) is 0 Å². The van der Waals surface area contributed by atoms with E-state index >= 15 is 0 Å². The topological polar surface area (TPSA) is 91.8 Å². The van der Waals surface area contributed by atoms with Crippen molar-refractivity contribution in [1.29, 1.82) is 0 Å². The van der Waals surface area contributed by atoms with Gasteiger partial charge in [-0.05, 0) is 24.5 Å². The molecule has 7 nitrogen and oxygen atoms in total. The highest BCUT2D eigenvalue weighted by atomic mass is 16.6. The Bertz CT molecular complexity index is 751. The second-order valence-electron chi connectivity index (χ2n) is 5.76. The van der Waals surface area contributed by atoms with Crippen LogP contribution in [0.5, 0.6) is 5.88 Å². The highest BCUT2D eigenvalue weighted by molar-refractivity contribution is 5.96. The van der Waals surface area contributed by atoms with Crippen LogP contribution >= 0.6 is 0 Å². The molecule has 130 valence electrons. The highest BCUT2D eigenvalue weighted by Crippen LogP contribution is 2.21. The van der Waals surface area contributed by atoms with E-state index in [1.165, 1.54) is 11.0 Å². The number of likely N-dealkylation sites (tertiary alicyclic amines) is 1. The molecule has 1 fully saturated rings. The van der Waals surface area contributed by atoms with E-state index in [-0.39, 0.29) is 24.2 Å². The Morgan fingerprint density at radius 3 is 2.76 bits per heavy atom. The number of carbonyl (C=O) groups excluding carboxylic acids is 2. The van der Waals surface area contributed by atoms with Gasteiger partial charge in [-0.15, -0.1) is 0 Å². The maximum atomic E-state index is 12.4. The van der Waals surface area contributed by atoms with Crippen molar-refractivity contribution < 1.29 is 19.4 Å². The molecule has 2 N–H and O–H groups in total. The van der Waals surface area contributed by atoms with Crippen LogP contribution in [-0.4, -0.2) is 39.6 Å². The molecule has 0 aliphatic carbocycles. The molecule has 0 spiro atoms. The van der Waals surface area contributed by atoms with Crippen LogP contribution in [0.2, 0.25) is 0 Å². The molecule has 0 saturated carbocycles. The second-order valence-corrected chi connectivity index (χ2v) is 5.76. The van der Waals surface area contributed by atoms with Crippen LogP contribution in [0.1, 0.15) is 18.4 Å². The van der Waals surface area contributed by atoms with Gasteiger partial charge in [0.15, 0.2) is 0 Å². The largest absolute Gasteiger partial charge is 0.493 e. The summed E-state index contributed by atoms with van der Waals surface area (Å²) in [6, 6.07) is 13.3. The van der Waals surface area contributed by atoms with Gasteiger partial charge in [0.1, 0.15) is 18.5 Å². The molecule has 1 aliphatic heterocycles. The minimum atomic E-state index is -0.604. The van der Waals surface area contributed by atoms with Gasteiger partial charge >= 0.3 is 6.09 Å². The van der Waals surface area contributed by atoms with Gasteiger partial charge < -0.3 is 15.2 Å². The van der Waals surface area contributed by atoms with Gasteiger partial charge in [0.25, 0.3) is 0 Å². The first kappa shape index (κ1) is 16.8. The zero-order chi connectivity index (χ0) is 17.6. The number of anilines is 1. The van der Waals surface area contributed by atoms with E-state index in [0.29, 0.717) is 13.0 Å². The van der Waals surface area contributed by atoms with Crippen LogP contribution in [0.25, 0.3) is 0 Å². The molecular weight excluding hydrogens is 322 g/mol. The van der Waals surface area contributed by atoms with Gasteiger partial charge in [-0.1, -0.05) is 36.4 Å². The van der Waals surface area contributed by atoms with Gasteiger partial charge in [-0.3, -0.25) is 9.69 Å². The van der Waals surface area contributed by atoms with Gasteiger partial charge in [0.05, 0.1) is 0 Å². The lowest BCUT2D eigenvalue weighted by molar-refractivity contribution is -0.120. The third kappa shape index (κ3) is 4.26. The van der Waals surface area contributed by atoms with Crippen LogP contribution in [0, 0.1) is 0 Å². The molecule has 2 heterocycles. The smallest absolute Gasteiger partial charge is 0.410 e. The average Bonchev–Trinajstić information content (AvgIpc) is 3.10. The predicted octanol–water partition coefficient (Wildman–Crippen LogP) is 2.53. The lowest BCUT2D eigenvalue weighted by Gasteiger charge is -2.23. The molecule has 1 saturated heterocycles. The molecule has 1 atom stereocenters. The molecule has 7 heteroatoms. The third-order valence-electron chi connectivity index (χ3n) is 3.98. The quantitative estimate of drug-likeness (QED) is 0.891. The molecule has 2 aromatic rings. The Balaban J connectivity index is 1.59. The fraction of sp³-hybridized carbons (Fsp3) is 0.278. The van der Waals surface area contributed by atoms with E-state index in [4.69, 9.17) is 4.74 Å². The van der Waals surface area contributed by atoms with Crippen LogP contribution in [-0.2, 0) is 16.1 Å². The van der Waals surface area contributed by atoms with E-state index in [2.05, 4.69) is 10.3 Å². The van der Waals surface area contributed by atoms with Gasteiger partial charge in [0, 0.05) is 12.6 Å². The summed E-state index contributed by atoms with van der Waals surface area (Å²) < 4.78 is 5.31. The van der Waals surface area contributed by atoms with Gasteiger partial charge in [-0.25, -0.2) is 4.79 Å². The van der Waals surface area contributed by atoms with Crippen molar-refractivity contribution >= 4 is 17.8 Å². The second kappa shape index (κ2) is 7.65. The number of aromatic nitrogens is 1. The summed E-state index contributed by atoms with van der Waals surface area (Å²) >= 11 is 0. The molecule has 1 aliphatic rings. The first-order chi connectivity index (χ1) is 12.1. The molecule has 1 aromatic carbocycles. The number of pyridine rings is 1. The van der Waals surface area contributed by atoms with E-state index < -0.39 is 12.1 Å². The SMILES string of the molecule is O=C(Nc1cccc(O)n1)C1CCCN1C(=O)OCc1ccccc1. The monoisotopic (exact) mass is 341 g/mol. The number of ether oxygens (including phenoxy) is 1. The Hall–Kier alpha value is -3.09. The summed E-state index contributed by atoms with van der Waals surface area (Å²) in [5, 5.41) is 12.0. The van der Waals surface area contributed by atoms with Crippen molar-refractivity contribution in [3.05, 3.63) is 54.1 Å². The molecule has 1 aromatic heterocycles. The van der Waals surface area contributed by atoms with Crippen molar-refractivity contribution in [2.45, 2.75) is 25.5 Å². The van der Waals surface area contributed by atoms with Gasteiger partial charge in [-0.2, -0.15) is 4.98 Å². The van der Waals surface area contributed by atoms with Crippen molar-refractivity contribution in [1.82, 2.24) is 9.88 Å². The Kier molecular flexibility index (Phi) is 5.13. The molecular formula is C18H19N3O4. The number of amides is 2. The number of hydrogen-bond donors (Lipinski definition) is 2. The summed E-state index contributed by atoms with van der Waals surface area (Å²) in [5.74, 6) is -0.273. The molecule has 3 rings (SSSR count). The number of rotatable bonds is 4. The number of benzene rings is 1. The van der Waals surface area contributed by atoms with E-state index in [9.17, 15) is 14.7 Å². The fourth-order valence-electron chi connectivity index (χ4n) is 2.76. The summed E-state index contributed by atoms with van der Waals surface area (Å²) in [7, 11) is 0. The van der Waals surface area contributed by atoms with E-state index in [1.54, 1.807) is 12.1 Å². The number of hydrogen-bond acceptors (Lipinski definition) is 5. The summed E-state index contributed by atoms with van der Waals surface area (Å²) in [6.45, 7) is 0.637. The lowest BCUT2D eigenvalue weighted by Crippen LogP contribution is -2.43. The van der Waals surface area contributed by atoms with Crippen molar-refractivity contribution in [2.75, 3.05) is 11.9 Å². The molecule has 1 unspecified atom stereocenters. The Morgan fingerprint density at radius 2 is 2.00 bits per heavy atom. The van der Waals surface area contributed by atoms with Crippen molar-refractivity contribution in [2.24, 2.45) is 0 Å². The zero-order valence-electron chi connectivity index (χ0n) is 13.6. The van der Waals surface area contributed by atoms with Crippen molar-refractivity contribution in [3.8, 4) is 5.88 Å². The number of nitrogens with zero attached hydrogens (tertiary/aromatic N) is 2. The first-order valence-corrected chi connectivity index (χ1v) is 8.08. The number of aromatic hydroxyl groups is 1. The summed E-state index contributed by atoms with van der Waals surface area (Å²) in [4.78, 5) is 30.0. The summed E-state index contributed by atoms with van der Waals surface area (Å²) in [6.07, 6.45) is 0.780. The molecule has 25 heavy (non-hydrogen) atoms. The predicted molar refractivity (Wildman–Crippen MR) is 90.9 cm³/mol. The Labute approximate surface area is 145 Å². The normalized spacial score (nSPS) is 16.5. The van der Waals surface area contributed by atoms with Crippen LogP contribution in [0.15, 0.2) is 48.5 Å². The minimum Gasteiger partial charge on any atom is -0.493 e. The lowest BCUT2D eigenvalue weighted by atomic mass is 10.2. The minimum absolute atomic E-state index is 0.165. The standard InChI is InChI=1S/C18H19N3O4/c22-16-10-4-9-15(19-16)20-17(23)14-8-5-11-21(14)18(24)25-12-13-6-2-1-3-7-13/h1-4,6-7,9-10,14H,5,8,11-12H2,(H2,19,20,22,23). The highest BCUT2D eigenvalue weighted by Gasteiger charge is 2.35. The third-order valence-corrected chi connectivity index (χ3v) is 3.98. The van der Waals surface area contributed by atoms with E-state index in [0.717, 1.165) is 12.0 Å². The van der Waals surface area contributed by atoms with E-state index in [1.807, 2.05) is 30.3 Å². The average molecular weight is 341 g/mol. The number of nitrogens with one attached hydrogen (secondary N) is 1. The fourth-order valence-corrected chi connectivity index (χ4v) is 2.76. The zero-order valence-corrected chi connectivity index (χ0v) is 13.6. The molecule has 0 bridgehead atoms. The first-order valence-electron chi connectivity index (χ1n) is 8.08. The molecule has 2 amide bonds. The van der Waals surface area contributed by atoms with Crippen LogP contribution < -0.4 is 5.32 Å². The van der Waals surface area contributed by atoms with Gasteiger partial charge in [0.2, 0.25) is 11.8 Å². The summed E-state index contributed by atoms with van der Waals surface area (Å²) in [5.41, 5.74) is 0.889. The van der Waals surface area contributed by atoms with Crippen LogP contribution in [0.4, 0.5) is 10.6 Å². The Morgan fingerprint density at radius 1 is 1.20 bits per heavy atom. The maximum absolute atomic E-state index is 12.4. The maximum Gasteiger partial charge on any atom is 0.410 e. The molecule has 0 radical (unpaired) electrons.